The molecule has 2 fully saturated rings. The molecule has 22 heavy (non-hydrogen) atoms. The van der Waals surface area contributed by atoms with Crippen LogP contribution in [0.3, 0.4) is 0 Å². The zero-order valence-electron chi connectivity index (χ0n) is 12.4. The summed E-state index contributed by atoms with van der Waals surface area (Å²) in [7, 11) is 1.83. The molecule has 0 unspecified atom stereocenters. The van der Waals surface area contributed by atoms with Crippen molar-refractivity contribution in [2.75, 3.05) is 25.0 Å². The second kappa shape index (κ2) is 5.08. The third-order valence-corrected chi connectivity index (χ3v) is 4.45. The summed E-state index contributed by atoms with van der Waals surface area (Å²) >= 11 is 0. The molecule has 1 saturated heterocycles. The molecule has 1 saturated carbocycles. The van der Waals surface area contributed by atoms with Gasteiger partial charge in [-0.3, -0.25) is 9.89 Å². The van der Waals surface area contributed by atoms with Gasteiger partial charge < -0.3 is 9.80 Å². The zero-order valence-corrected chi connectivity index (χ0v) is 12.4. The van der Waals surface area contributed by atoms with Crippen molar-refractivity contribution < 1.29 is 4.79 Å². The smallest absolute Gasteiger partial charge is 0.271 e. The number of nitrogens with zero attached hydrogens (tertiary/aromatic N) is 5. The van der Waals surface area contributed by atoms with Crippen LogP contribution in [-0.4, -0.2) is 57.4 Å². The van der Waals surface area contributed by atoms with Crippen molar-refractivity contribution in [1.29, 1.82) is 0 Å². The van der Waals surface area contributed by atoms with Gasteiger partial charge in [0.1, 0.15) is 5.69 Å². The molecule has 2 aromatic rings. The van der Waals surface area contributed by atoms with E-state index in [1.807, 2.05) is 13.1 Å². The second-order valence-electron chi connectivity index (χ2n) is 6.04. The number of hydrogen-bond donors (Lipinski definition) is 1. The Morgan fingerprint density at radius 2 is 2.09 bits per heavy atom. The molecule has 1 N–H and O–H groups in total. The Balaban J connectivity index is 1.36. The van der Waals surface area contributed by atoms with E-state index in [9.17, 15) is 4.79 Å². The summed E-state index contributed by atoms with van der Waals surface area (Å²) in [4.78, 5) is 16.1. The summed E-state index contributed by atoms with van der Waals surface area (Å²) in [6, 6.07) is 6.00. The summed E-state index contributed by atoms with van der Waals surface area (Å²) in [6.45, 7) is 1.57. The lowest BCUT2D eigenvalue weighted by Gasteiger charge is -2.44. The number of aromatic nitrogens is 4. The van der Waals surface area contributed by atoms with E-state index < -0.39 is 0 Å². The molecule has 1 aliphatic heterocycles. The number of carbonyl (C=O) groups is 1. The molecule has 4 rings (SSSR count). The van der Waals surface area contributed by atoms with Gasteiger partial charge in [-0.1, -0.05) is 0 Å². The summed E-state index contributed by atoms with van der Waals surface area (Å²) in [6.07, 6.45) is 4.06. The van der Waals surface area contributed by atoms with Crippen LogP contribution in [0.15, 0.2) is 24.4 Å². The van der Waals surface area contributed by atoms with Crippen LogP contribution in [0.25, 0.3) is 0 Å². The largest absolute Gasteiger partial charge is 0.351 e. The average molecular weight is 298 g/mol. The maximum absolute atomic E-state index is 12.2. The first kappa shape index (κ1) is 13.2. The number of nitrogens with one attached hydrogen (secondary N) is 1. The molecule has 2 aliphatic rings. The summed E-state index contributed by atoms with van der Waals surface area (Å²) in [5.74, 6) is 1.49. The number of hydrogen-bond acceptors (Lipinski definition) is 5. The van der Waals surface area contributed by atoms with Crippen LogP contribution in [0.2, 0.25) is 0 Å². The van der Waals surface area contributed by atoms with Crippen molar-refractivity contribution in [3.8, 4) is 0 Å². The molecule has 0 aromatic carbocycles. The Kier molecular flexibility index (Phi) is 3.06. The maximum atomic E-state index is 12.2. The minimum Gasteiger partial charge on any atom is -0.351 e. The van der Waals surface area contributed by atoms with Crippen LogP contribution in [-0.2, 0) is 0 Å². The highest BCUT2D eigenvalue weighted by Crippen LogP contribution is 2.38. The van der Waals surface area contributed by atoms with Crippen LogP contribution >= 0.6 is 0 Å². The molecular formula is C15H18N6O. The Morgan fingerprint density at radius 1 is 1.27 bits per heavy atom. The van der Waals surface area contributed by atoms with Gasteiger partial charge in [0.05, 0.1) is 11.7 Å². The predicted molar refractivity (Wildman–Crippen MR) is 80.7 cm³/mol. The number of anilines is 1. The molecule has 2 aromatic heterocycles. The minimum atomic E-state index is -0.0303. The van der Waals surface area contributed by atoms with E-state index in [1.165, 1.54) is 12.8 Å². The van der Waals surface area contributed by atoms with Crippen LogP contribution in [0.5, 0.6) is 0 Å². The highest BCUT2D eigenvalue weighted by atomic mass is 16.2. The quantitative estimate of drug-likeness (QED) is 0.912. The summed E-state index contributed by atoms with van der Waals surface area (Å²) in [5, 5.41) is 15.1. The van der Waals surface area contributed by atoms with Crippen LogP contribution < -0.4 is 4.90 Å². The standard InChI is InChI=1S/C15H18N6O/c1-20(15(22)13-6-7-16-17-13)11-8-21(9-11)14-5-4-12(18-19-14)10-2-3-10/h4-7,10-11H,2-3,8-9H2,1H3,(H,16,17). The first-order valence-corrected chi connectivity index (χ1v) is 7.57. The van der Waals surface area contributed by atoms with Gasteiger partial charge >= 0.3 is 0 Å². The lowest BCUT2D eigenvalue weighted by molar-refractivity contribution is 0.0699. The highest BCUT2D eigenvalue weighted by Gasteiger charge is 2.34. The molecule has 7 heteroatoms. The van der Waals surface area contributed by atoms with E-state index in [-0.39, 0.29) is 11.9 Å². The Bertz CT molecular complexity index is 658. The van der Waals surface area contributed by atoms with E-state index >= 15 is 0 Å². The lowest BCUT2D eigenvalue weighted by Crippen LogP contribution is -2.60. The first-order valence-electron chi connectivity index (χ1n) is 7.57. The Labute approximate surface area is 128 Å². The fourth-order valence-corrected chi connectivity index (χ4v) is 2.72. The van der Waals surface area contributed by atoms with Crippen LogP contribution in [0.1, 0.15) is 34.9 Å². The molecule has 0 radical (unpaired) electrons. The molecule has 0 atom stereocenters. The van der Waals surface area contributed by atoms with E-state index in [1.54, 1.807) is 17.2 Å². The third kappa shape index (κ3) is 2.32. The lowest BCUT2D eigenvalue weighted by atomic mass is 10.1. The van der Waals surface area contributed by atoms with Crippen LogP contribution in [0.4, 0.5) is 5.82 Å². The predicted octanol–water partition coefficient (Wildman–Crippen LogP) is 1.04. The molecule has 1 aliphatic carbocycles. The van der Waals surface area contributed by atoms with Gasteiger partial charge in [0.25, 0.3) is 5.91 Å². The van der Waals surface area contributed by atoms with Gasteiger partial charge in [0, 0.05) is 32.3 Å². The van der Waals surface area contributed by atoms with Crippen molar-refractivity contribution >= 4 is 11.7 Å². The zero-order chi connectivity index (χ0) is 15.1. The molecule has 3 heterocycles. The van der Waals surface area contributed by atoms with Gasteiger partial charge in [-0.2, -0.15) is 10.2 Å². The van der Waals surface area contributed by atoms with E-state index in [4.69, 9.17) is 0 Å². The van der Waals surface area contributed by atoms with Crippen molar-refractivity contribution in [2.24, 2.45) is 0 Å². The van der Waals surface area contributed by atoms with Gasteiger partial charge in [-0.15, -0.1) is 5.10 Å². The number of likely N-dealkylation sites (N-methyl/N-ethyl adjacent to an activating group) is 1. The molecular weight excluding hydrogens is 280 g/mol. The van der Waals surface area contributed by atoms with E-state index in [2.05, 4.69) is 31.4 Å². The molecule has 1 amide bonds. The fraction of sp³-hybridized carbons (Fsp3) is 0.467. The number of carbonyl (C=O) groups excluding carboxylic acids is 1. The topological polar surface area (TPSA) is 78.0 Å². The van der Waals surface area contributed by atoms with Crippen molar-refractivity contribution in [1.82, 2.24) is 25.3 Å². The number of amides is 1. The second-order valence-corrected chi connectivity index (χ2v) is 6.04. The Morgan fingerprint density at radius 3 is 2.68 bits per heavy atom. The number of rotatable bonds is 4. The van der Waals surface area contributed by atoms with Gasteiger partial charge in [-0.25, -0.2) is 0 Å². The number of aromatic amines is 1. The van der Waals surface area contributed by atoms with E-state index in [0.717, 1.165) is 24.6 Å². The first-order chi connectivity index (χ1) is 10.7. The number of H-pyrrole nitrogens is 1. The van der Waals surface area contributed by atoms with Gasteiger partial charge in [0.15, 0.2) is 5.82 Å². The van der Waals surface area contributed by atoms with Crippen LogP contribution in [0, 0.1) is 0 Å². The monoisotopic (exact) mass is 298 g/mol. The minimum absolute atomic E-state index is 0.0303. The SMILES string of the molecule is CN(C(=O)c1ccn[nH]1)C1CN(c2ccc(C3CC3)nn2)C1. The molecule has 0 spiro atoms. The van der Waals surface area contributed by atoms with Crippen molar-refractivity contribution in [3.63, 3.8) is 0 Å². The van der Waals surface area contributed by atoms with Crippen molar-refractivity contribution in [3.05, 3.63) is 35.8 Å². The maximum Gasteiger partial charge on any atom is 0.271 e. The summed E-state index contributed by atoms with van der Waals surface area (Å²) in [5.41, 5.74) is 1.63. The van der Waals surface area contributed by atoms with Gasteiger partial charge in [0.2, 0.25) is 0 Å². The highest BCUT2D eigenvalue weighted by molar-refractivity contribution is 5.92. The molecule has 7 nitrogen and oxygen atoms in total. The summed E-state index contributed by atoms with van der Waals surface area (Å²) < 4.78 is 0. The normalized spacial score (nSPS) is 18.1. The fourth-order valence-electron chi connectivity index (χ4n) is 2.72. The molecule has 114 valence electrons. The average Bonchev–Trinajstić information content (AvgIpc) is 3.20. The molecule has 0 bridgehead atoms. The third-order valence-electron chi connectivity index (χ3n) is 4.45. The van der Waals surface area contributed by atoms with Gasteiger partial charge in [-0.05, 0) is 31.0 Å². The van der Waals surface area contributed by atoms with E-state index in [0.29, 0.717) is 11.6 Å². The van der Waals surface area contributed by atoms with Crippen molar-refractivity contribution in [2.45, 2.75) is 24.8 Å². The Hall–Kier alpha value is -2.44.